The van der Waals surface area contributed by atoms with E-state index in [4.69, 9.17) is 4.42 Å². The largest absolute Gasteiger partial charge is 0.459 e. The lowest BCUT2D eigenvalue weighted by Gasteiger charge is -2.31. The predicted molar refractivity (Wildman–Crippen MR) is 127 cm³/mol. The number of carbonyl (C=O) groups is 3. The zero-order chi connectivity index (χ0) is 23.2. The molecule has 1 fully saturated rings. The normalized spacial score (nSPS) is 14.6. The van der Waals surface area contributed by atoms with Crippen molar-refractivity contribution in [1.29, 1.82) is 0 Å². The third kappa shape index (κ3) is 5.51. The first-order valence-electron chi connectivity index (χ1n) is 11.1. The summed E-state index contributed by atoms with van der Waals surface area (Å²) in [5.41, 5.74) is 1.64. The highest BCUT2D eigenvalue weighted by Crippen LogP contribution is 2.31. The van der Waals surface area contributed by atoms with Crippen LogP contribution in [0.5, 0.6) is 0 Å². The van der Waals surface area contributed by atoms with E-state index in [-0.39, 0.29) is 24.3 Å². The Morgan fingerprint density at radius 1 is 1.09 bits per heavy atom. The summed E-state index contributed by atoms with van der Waals surface area (Å²) in [6.07, 6.45) is 5.47. The van der Waals surface area contributed by atoms with Gasteiger partial charge in [-0.1, -0.05) is 36.6 Å². The van der Waals surface area contributed by atoms with Crippen molar-refractivity contribution in [2.75, 3.05) is 11.4 Å². The number of benzene rings is 1. The molecule has 1 saturated carbocycles. The van der Waals surface area contributed by atoms with Gasteiger partial charge >= 0.3 is 0 Å². The summed E-state index contributed by atoms with van der Waals surface area (Å²) in [6, 6.07) is 13.6. The minimum absolute atomic E-state index is 0.119. The van der Waals surface area contributed by atoms with Crippen LogP contribution in [0.3, 0.4) is 0 Å². The Balaban J connectivity index is 1.63. The molecule has 172 valence electrons. The Hall–Kier alpha value is -3.39. The van der Waals surface area contributed by atoms with E-state index >= 15 is 0 Å². The minimum Gasteiger partial charge on any atom is -0.459 e. The van der Waals surface area contributed by atoms with Crippen LogP contribution in [0.25, 0.3) is 0 Å². The Bertz CT molecular complexity index is 1070. The molecule has 1 aromatic carbocycles. The van der Waals surface area contributed by atoms with E-state index in [0.29, 0.717) is 5.69 Å². The van der Waals surface area contributed by atoms with Gasteiger partial charge in [0.2, 0.25) is 11.8 Å². The van der Waals surface area contributed by atoms with Crippen molar-refractivity contribution in [1.82, 2.24) is 10.6 Å². The maximum absolute atomic E-state index is 13.5. The zero-order valence-electron chi connectivity index (χ0n) is 18.5. The lowest BCUT2D eigenvalue weighted by Crippen LogP contribution is -2.49. The fraction of sp³-hybridized carbons (Fsp3) is 0.320. The molecule has 7 nitrogen and oxygen atoms in total. The Morgan fingerprint density at radius 2 is 1.85 bits per heavy atom. The molecule has 0 spiro atoms. The van der Waals surface area contributed by atoms with Gasteiger partial charge in [-0.15, -0.1) is 11.3 Å². The smallest absolute Gasteiger partial charge is 0.287 e. The van der Waals surface area contributed by atoms with E-state index in [1.54, 1.807) is 6.07 Å². The van der Waals surface area contributed by atoms with Gasteiger partial charge in [-0.3, -0.25) is 19.3 Å². The molecule has 3 amide bonds. The molecule has 2 N–H and O–H groups in total. The number of aryl methyl sites for hydroxylation is 1. The van der Waals surface area contributed by atoms with Gasteiger partial charge in [0.15, 0.2) is 5.76 Å². The van der Waals surface area contributed by atoms with Crippen molar-refractivity contribution in [3.63, 3.8) is 0 Å². The standard InChI is InChI=1S/C25H27N3O4S/c1-17-10-12-19(13-11-17)28(22(29)16-26-24(30)20-8-4-14-32-20)23(21-9-5-15-33-21)25(31)27-18-6-2-3-7-18/h4-5,8-15,18,23H,2-3,6-7,16H2,1H3,(H,26,30)(H,27,31). The molecule has 2 aromatic heterocycles. The summed E-state index contributed by atoms with van der Waals surface area (Å²) in [6.45, 7) is 1.69. The fourth-order valence-electron chi connectivity index (χ4n) is 4.05. The van der Waals surface area contributed by atoms with E-state index in [2.05, 4.69) is 10.6 Å². The van der Waals surface area contributed by atoms with Crippen molar-refractivity contribution in [3.8, 4) is 0 Å². The number of thiophene rings is 1. The number of carbonyl (C=O) groups excluding carboxylic acids is 3. The van der Waals surface area contributed by atoms with E-state index in [1.165, 1.54) is 28.6 Å². The number of amides is 3. The van der Waals surface area contributed by atoms with Gasteiger partial charge in [-0.2, -0.15) is 0 Å². The van der Waals surface area contributed by atoms with Crippen LogP contribution in [0.1, 0.15) is 52.7 Å². The highest BCUT2D eigenvalue weighted by molar-refractivity contribution is 7.10. The molecule has 0 bridgehead atoms. The Labute approximate surface area is 196 Å². The number of nitrogens with zero attached hydrogens (tertiary/aromatic N) is 1. The minimum atomic E-state index is -0.832. The molecule has 0 radical (unpaired) electrons. The number of hydrogen-bond acceptors (Lipinski definition) is 5. The van der Waals surface area contributed by atoms with Crippen molar-refractivity contribution in [2.45, 2.75) is 44.7 Å². The first kappa shape index (κ1) is 22.8. The topological polar surface area (TPSA) is 91.7 Å². The van der Waals surface area contributed by atoms with Crippen LogP contribution in [0.2, 0.25) is 0 Å². The maximum atomic E-state index is 13.5. The lowest BCUT2D eigenvalue weighted by molar-refractivity contribution is -0.126. The van der Waals surface area contributed by atoms with Gasteiger partial charge in [0, 0.05) is 16.6 Å². The van der Waals surface area contributed by atoms with Crippen LogP contribution < -0.4 is 15.5 Å². The van der Waals surface area contributed by atoms with Crippen LogP contribution in [0.15, 0.2) is 64.6 Å². The summed E-state index contributed by atoms with van der Waals surface area (Å²) in [5, 5.41) is 7.64. The predicted octanol–water partition coefficient (Wildman–Crippen LogP) is 4.21. The summed E-state index contributed by atoms with van der Waals surface area (Å²) in [7, 11) is 0. The number of anilines is 1. The van der Waals surface area contributed by atoms with E-state index < -0.39 is 17.9 Å². The van der Waals surface area contributed by atoms with Gasteiger partial charge in [-0.25, -0.2) is 0 Å². The van der Waals surface area contributed by atoms with Crippen molar-refractivity contribution >= 4 is 34.7 Å². The monoisotopic (exact) mass is 465 g/mol. The first-order chi connectivity index (χ1) is 16.0. The molecule has 33 heavy (non-hydrogen) atoms. The Kier molecular flexibility index (Phi) is 7.24. The number of nitrogens with one attached hydrogen (secondary N) is 2. The molecular formula is C25H27N3O4S. The second-order valence-electron chi connectivity index (χ2n) is 8.17. The third-order valence-corrected chi connectivity index (χ3v) is 6.67. The lowest BCUT2D eigenvalue weighted by atomic mass is 10.1. The van der Waals surface area contributed by atoms with Crippen LogP contribution in [-0.4, -0.2) is 30.3 Å². The molecule has 1 atom stereocenters. The van der Waals surface area contributed by atoms with E-state index in [9.17, 15) is 14.4 Å². The second-order valence-corrected chi connectivity index (χ2v) is 9.15. The molecule has 2 heterocycles. The summed E-state index contributed by atoms with van der Waals surface area (Å²) < 4.78 is 5.11. The number of hydrogen-bond donors (Lipinski definition) is 2. The SMILES string of the molecule is Cc1ccc(N(C(=O)CNC(=O)c2ccco2)C(C(=O)NC2CCCC2)c2cccs2)cc1. The second kappa shape index (κ2) is 10.5. The molecule has 1 aliphatic carbocycles. The van der Waals surface area contributed by atoms with E-state index in [1.807, 2.05) is 48.7 Å². The highest BCUT2D eigenvalue weighted by Gasteiger charge is 2.35. The van der Waals surface area contributed by atoms with Crippen molar-refractivity contribution in [3.05, 3.63) is 76.4 Å². The van der Waals surface area contributed by atoms with Crippen molar-refractivity contribution < 1.29 is 18.8 Å². The average Bonchev–Trinajstić information content (AvgIpc) is 3.60. The summed E-state index contributed by atoms with van der Waals surface area (Å²) in [4.78, 5) is 41.6. The van der Waals surface area contributed by atoms with Crippen LogP contribution in [0, 0.1) is 6.92 Å². The number of rotatable bonds is 8. The Morgan fingerprint density at radius 3 is 2.48 bits per heavy atom. The molecule has 3 aromatic rings. The van der Waals surface area contributed by atoms with Crippen molar-refractivity contribution in [2.24, 2.45) is 0 Å². The molecule has 1 aliphatic rings. The quantitative estimate of drug-likeness (QED) is 0.521. The number of furan rings is 1. The summed E-state index contributed by atoms with van der Waals surface area (Å²) >= 11 is 1.43. The summed E-state index contributed by atoms with van der Waals surface area (Å²) in [5.74, 6) is -0.965. The first-order valence-corrected chi connectivity index (χ1v) is 11.9. The fourth-order valence-corrected chi connectivity index (χ4v) is 4.86. The molecule has 8 heteroatoms. The average molecular weight is 466 g/mol. The van der Waals surface area contributed by atoms with Gasteiger partial charge in [0.1, 0.15) is 6.04 Å². The zero-order valence-corrected chi connectivity index (χ0v) is 19.3. The van der Waals surface area contributed by atoms with Gasteiger partial charge in [0.25, 0.3) is 5.91 Å². The van der Waals surface area contributed by atoms with Gasteiger partial charge in [0.05, 0.1) is 12.8 Å². The van der Waals surface area contributed by atoms with Crippen LogP contribution >= 0.6 is 11.3 Å². The molecule has 0 aliphatic heterocycles. The van der Waals surface area contributed by atoms with Gasteiger partial charge < -0.3 is 15.1 Å². The molecular weight excluding hydrogens is 438 g/mol. The maximum Gasteiger partial charge on any atom is 0.287 e. The molecule has 4 rings (SSSR count). The molecule has 0 saturated heterocycles. The molecule has 1 unspecified atom stereocenters. The van der Waals surface area contributed by atoms with Crippen LogP contribution in [0.4, 0.5) is 5.69 Å². The third-order valence-electron chi connectivity index (χ3n) is 5.75. The highest BCUT2D eigenvalue weighted by atomic mass is 32.1. The van der Waals surface area contributed by atoms with Gasteiger partial charge in [-0.05, 0) is 55.5 Å². The van der Waals surface area contributed by atoms with E-state index in [0.717, 1.165) is 36.1 Å². The van der Waals surface area contributed by atoms with Crippen LogP contribution in [-0.2, 0) is 9.59 Å².